The molecule has 0 spiro atoms. The Morgan fingerprint density at radius 2 is 1.93 bits per heavy atom. The zero-order valence-corrected chi connectivity index (χ0v) is 22.6. The highest BCUT2D eigenvalue weighted by Crippen LogP contribution is 2.58. The summed E-state index contributed by atoms with van der Waals surface area (Å²) in [6.07, 6.45) is -3.41. The summed E-state index contributed by atoms with van der Waals surface area (Å²) in [4.78, 5) is 12.2. The van der Waals surface area contributed by atoms with E-state index in [1.807, 2.05) is 0 Å². The van der Waals surface area contributed by atoms with E-state index in [2.05, 4.69) is 0 Å². The first kappa shape index (κ1) is 29.1. The highest BCUT2D eigenvalue weighted by atomic mass is 16.7. The van der Waals surface area contributed by atoms with E-state index in [4.69, 9.17) is 23.4 Å². The van der Waals surface area contributed by atoms with E-state index in [0.717, 1.165) is 0 Å². The van der Waals surface area contributed by atoms with Crippen LogP contribution in [0.1, 0.15) is 38.2 Å². The molecule has 9 atom stereocenters. The zero-order valence-electron chi connectivity index (χ0n) is 22.6. The standard InChI is InChI=1S/C28H38O12/c1-3-37-20(32)7-5-14-10-15-8-9-38-22(15)24(36-2)23(14)40-26-28(35)21-16(4-6-18(31)17(21)12-29)11-27(34,25(28)33)19(13-30)39-26/h8-10,16-19,21,25-26,29-31,33-35H,3-7,11-13H2,1-2H3/t16-,17-,18+,19+,21-,25-,26-,27+,28+/m0/s1. The molecule has 40 heavy (non-hydrogen) atoms. The third-order valence-corrected chi connectivity index (χ3v) is 8.99. The van der Waals surface area contributed by atoms with Crippen LogP contribution >= 0.6 is 0 Å². The van der Waals surface area contributed by atoms with Crippen molar-refractivity contribution < 1.29 is 58.8 Å². The smallest absolute Gasteiger partial charge is 0.306 e. The lowest BCUT2D eigenvalue weighted by Gasteiger charge is -2.64. The molecule has 222 valence electrons. The largest absolute Gasteiger partial charge is 0.490 e. The van der Waals surface area contributed by atoms with Crippen LogP contribution in [0.4, 0.5) is 0 Å². The number of hydrogen-bond acceptors (Lipinski definition) is 12. The second-order valence-corrected chi connectivity index (χ2v) is 11.1. The van der Waals surface area contributed by atoms with Gasteiger partial charge < -0.3 is 54.0 Å². The highest BCUT2D eigenvalue weighted by molar-refractivity contribution is 5.87. The van der Waals surface area contributed by atoms with Crippen LogP contribution in [0.2, 0.25) is 0 Å². The van der Waals surface area contributed by atoms with E-state index in [0.29, 0.717) is 29.4 Å². The lowest BCUT2D eigenvalue weighted by atomic mass is 9.51. The SMILES string of the molecule is CCOC(=O)CCc1cc2ccoc2c(OC)c1O[C@@H]1O[C@H](CO)[C@]2(O)C[C@@H]3CC[C@@H](O)[C@H](CO)[C@H]3[C@@]1(O)[C@H]2O. The molecule has 0 unspecified atom stereocenters. The first-order chi connectivity index (χ1) is 19.1. The molecule has 1 aromatic heterocycles. The van der Waals surface area contributed by atoms with Gasteiger partial charge in [0.1, 0.15) is 17.8 Å². The minimum Gasteiger partial charge on any atom is -0.490 e. The Morgan fingerprint density at radius 3 is 2.60 bits per heavy atom. The summed E-state index contributed by atoms with van der Waals surface area (Å²) < 4.78 is 28.7. The van der Waals surface area contributed by atoms with E-state index < -0.39 is 72.7 Å². The first-order valence-electron chi connectivity index (χ1n) is 13.7. The van der Waals surface area contributed by atoms with Gasteiger partial charge in [-0.2, -0.15) is 0 Å². The van der Waals surface area contributed by atoms with E-state index in [9.17, 15) is 35.4 Å². The molecule has 12 heteroatoms. The highest BCUT2D eigenvalue weighted by Gasteiger charge is 2.72. The molecule has 5 rings (SSSR count). The molecule has 6 N–H and O–H groups in total. The monoisotopic (exact) mass is 566 g/mol. The number of methoxy groups -OCH3 is 1. The zero-order chi connectivity index (χ0) is 28.8. The van der Waals surface area contributed by atoms with Gasteiger partial charge in [0.15, 0.2) is 16.9 Å². The van der Waals surface area contributed by atoms with E-state index in [-0.39, 0.29) is 37.4 Å². The van der Waals surface area contributed by atoms with Crippen molar-refractivity contribution in [1.29, 1.82) is 0 Å². The van der Waals surface area contributed by atoms with Crippen molar-refractivity contribution in [2.75, 3.05) is 26.9 Å². The summed E-state index contributed by atoms with van der Waals surface area (Å²) >= 11 is 0. The first-order valence-corrected chi connectivity index (χ1v) is 13.7. The number of carbonyl (C=O) groups is 1. The molecular formula is C28H38O12. The minimum absolute atomic E-state index is 0.00518. The predicted octanol–water partition coefficient (Wildman–Crippen LogP) is 0.255. The van der Waals surface area contributed by atoms with E-state index in [1.165, 1.54) is 13.4 Å². The van der Waals surface area contributed by atoms with Gasteiger partial charge in [0.05, 0.1) is 32.7 Å². The molecule has 12 nitrogen and oxygen atoms in total. The maximum Gasteiger partial charge on any atom is 0.306 e. The average molecular weight is 567 g/mol. The molecule has 3 aliphatic rings. The maximum absolute atomic E-state index is 12.3. The predicted molar refractivity (Wildman–Crippen MR) is 137 cm³/mol. The number of fused-ring (bicyclic) bond motifs is 5. The van der Waals surface area contributed by atoms with Gasteiger partial charge in [-0.15, -0.1) is 0 Å². The fourth-order valence-electron chi connectivity index (χ4n) is 7.16. The van der Waals surface area contributed by atoms with Crippen molar-refractivity contribution in [3.05, 3.63) is 24.0 Å². The topological polar surface area (TPSA) is 189 Å². The summed E-state index contributed by atoms with van der Waals surface area (Å²) in [5.74, 6) is -2.37. The van der Waals surface area contributed by atoms with Gasteiger partial charge >= 0.3 is 5.97 Å². The number of esters is 1. The molecule has 1 aromatic carbocycles. The minimum atomic E-state index is -2.31. The van der Waals surface area contributed by atoms with Gasteiger partial charge in [0, 0.05) is 30.2 Å². The number of ether oxygens (including phenoxy) is 4. The second kappa shape index (κ2) is 11.1. The van der Waals surface area contributed by atoms with Crippen molar-refractivity contribution in [1.82, 2.24) is 0 Å². The Balaban J connectivity index is 1.61. The molecular weight excluding hydrogens is 528 g/mol. The Bertz CT molecular complexity index is 1210. The number of benzene rings is 1. The molecule has 2 aliphatic carbocycles. The van der Waals surface area contributed by atoms with Crippen molar-refractivity contribution in [3.63, 3.8) is 0 Å². The van der Waals surface area contributed by atoms with Gasteiger partial charge in [-0.05, 0) is 56.2 Å². The van der Waals surface area contributed by atoms with E-state index >= 15 is 0 Å². The molecule has 0 amide bonds. The summed E-state index contributed by atoms with van der Waals surface area (Å²) in [6, 6.07) is 3.45. The van der Waals surface area contributed by atoms with Crippen LogP contribution in [0.15, 0.2) is 22.8 Å². The fraction of sp³-hybridized carbons (Fsp3) is 0.679. The van der Waals surface area contributed by atoms with Gasteiger partial charge in [-0.25, -0.2) is 0 Å². The van der Waals surface area contributed by atoms with Crippen molar-refractivity contribution in [2.24, 2.45) is 17.8 Å². The summed E-state index contributed by atoms with van der Waals surface area (Å²) in [6.45, 7) is 0.784. The Labute approximate surface area is 231 Å². The normalized spacial score (nSPS) is 37.1. The quantitative estimate of drug-likeness (QED) is 0.228. The molecule has 2 heterocycles. The molecule has 2 bridgehead atoms. The van der Waals surface area contributed by atoms with Crippen LogP contribution < -0.4 is 9.47 Å². The fourth-order valence-corrected chi connectivity index (χ4v) is 7.16. The molecule has 2 aromatic rings. The lowest BCUT2D eigenvalue weighted by molar-refractivity contribution is -0.397. The third kappa shape index (κ3) is 4.46. The Morgan fingerprint density at radius 1 is 1.15 bits per heavy atom. The van der Waals surface area contributed by atoms with Gasteiger partial charge in [-0.3, -0.25) is 4.79 Å². The molecule has 3 fully saturated rings. The van der Waals surface area contributed by atoms with Crippen LogP contribution in [-0.4, -0.2) is 99.3 Å². The number of aryl methyl sites for hydroxylation is 1. The van der Waals surface area contributed by atoms with Crippen molar-refractivity contribution in [2.45, 2.75) is 74.8 Å². The third-order valence-electron chi connectivity index (χ3n) is 8.99. The number of furan rings is 1. The number of rotatable bonds is 9. The van der Waals surface area contributed by atoms with Gasteiger partial charge in [0.25, 0.3) is 0 Å². The molecule has 2 saturated carbocycles. The summed E-state index contributed by atoms with van der Waals surface area (Å²) in [5, 5.41) is 67.1. The number of carbonyl (C=O) groups excluding carboxylic acids is 1. The summed E-state index contributed by atoms with van der Waals surface area (Å²) in [7, 11) is 1.40. The van der Waals surface area contributed by atoms with Crippen molar-refractivity contribution in [3.8, 4) is 11.5 Å². The number of hydrogen-bond donors (Lipinski definition) is 6. The molecule has 1 saturated heterocycles. The van der Waals surface area contributed by atoms with E-state index in [1.54, 1.807) is 19.1 Å². The van der Waals surface area contributed by atoms with Gasteiger partial charge in [0.2, 0.25) is 12.0 Å². The Kier molecular flexibility index (Phi) is 8.05. The Hall–Kier alpha value is -2.45. The van der Waals surface area contributed by atoms with Crippen LogP contribution in [0, 0.1) is 17.8 Å². The number of aliphatic hydroxyl groups is 6. The van der Waals surface area contributed by atoms with Crippen LogP contribution in [0.5, 0.6) is 11.5 Å². The average Bonchev–Trinajstić information content (AvgIpc) is 3.40. The number of aliphatic hydroxyl groups excluding tert-OH is 4. The maximum atomic E-state index is 12.3. The summed E-state index contributed by atoms with van der Waals surface area (Å²) in [5.41, 5.74) is -3.48. The van der Waals surface area contributed by atoms with Crippen molar-refractivity contribution >= 4 is 16.9 Å². The lowest BCUT2D eigenvalue weighted by Crippen LogP contribution is -2.81. The van der Waals surface area contributed by atoms with Crippen LogP contribution in [0.3, 0.4) is 0 Å². The van der Waals surface area contributed by atoms with Crippen LogP contribution in [-0.2, 0) is 20.7 Å². The second-order valence-electron chi connectivity index (χ2n) is 11.1. The molecule has 0 radical (unpaired) electrons. The van der Waals surface area contributed by atoms with Gasteiger partial charge in [-0.1, -0.05) is 0 Å². The van der Waals surface area contributed by atoms with Crippen LogP contribution in [0.25, 0.3) is 11.0 Å². The molecule has 1 aliphatic heterocycles.